The fourth-order valence-corrected chi connectivity index (χ4v) is 1.96. The Labute approximate surface area is 111 Å². The molecular weight excluding hydrogens is 272 g/mol. The van der Waals surface area contributed by atoms with Crippen LogP contribution in [-0.4, -0.2) is 21.0 Å². The molecule has 0 aliphatic heterocycles. The van der Waals surface area contributed by atoms with Gasteiger partial charge in [0.15, 0.2) is 0 Å². The minimum absolute atomic E-state index is 0.133. The van der Waals surface area contributed by atoms with Crippen molar-refractivity contribution >= 4 is 23.0 Å². The van der Waals surface area contributed by atoms with Crippen LogP contribution in [0.15, 0.2) is 29.8 Å². The number of carboxylic acids is 1. The average molecular weight is 280 g/mol. The Bertz CT molecular complexity index is 612. The highest BCUT2D eigenvalue weighted by Crippen LogP contribution is 2.22. The van der Waals surface area contributed by atoms with Crippen LogP contribution < -0.4 is 4.74 Å². The summed E-state index contributed by atoms with van der Waals surface area (Å²) in [5, 5.41) is 21.4. The van der Waals surface area contributed by atoms with Crippen LogP contribution in [0.25, 0.3) is 0 Å². The smallest absolute Gasteiger partial charge is 0.341 e. The number of aromatic nitrogens is 1. The number of thiophene rings is 1. The van der Waals surface area contributed by atoms with E-state index in [0.29, 0.717) is 0 Å². The summed E-state index contributed by atoms with van der Waals surface area (Å²) in [5.41, 5.74) is -0.716. The van der Waals surface area contributed by atoms with Gasteiger partial charge in [-0.15, -0.1) is 11.3 Å². The molecule has 0 spiro atoms. The summed E-state index contributed by atoms with van der Waals surface area (Å²) in [6.45, 7) is 0.169. The Morgan fingerprint density at radius 1 is 1.58 bits per heavy atom. The zero-order valence-electron chi connectivity index (χ0n) is 9.48. The van der Waals surface area contributed by atoms with E-state index in [4.69, 9.17) is 9.84 Å². The molecule has 98 valence electrons. The van der Waals surface area contributed by atoms with E-state index in [1.54, 1.807) is 0 Å². The second kappa shape index (κ2) is 5.44. The van der Waals surface area contributed by atoms with Crippen LogP contribution in [-0.2, 0) is 6.61 Å². The van der Waals surface area contributed by atoms with Gasteiger partial charge in [0.2, 0.25) is 5.88 Å². The Kier molecular flexibility index (Phi) is 3.71. The van der Waals surface area contributed by atoms with Gasteiger partial charge < -0.3 is 9.84 Å². The molecule has 0 bridgehead atoms. The molecule has 0 atom stereocenters. The van der Waals surface area contributed by atoms with Crippen molar-refractivity contribution in [3.8, 4) is 5.88 Å². The highest BCUT2D eigenvalue weighted by molar-refractivity contribution is 7.09. The lowest BCUT2D eigenvalue weighted by Crippen LogP contribution is -2.06. The zero-order valence-corrected chi connectivity index (χ0v) is 10.3. The third-order valence-corrected chi connectivity index (χ3v) is 3.06. The molecule has 0 saturated heterocycles. The summed E-state index contributed by atoms with van der Waals surface area (Å²) in [6, 6.07) is 4.60. The Morgan fingerprint density at radius 2 is 2.37 bits per heavy atom. The van der Waals surface area contributed by atoms with Crippen LogP contribution in [0, 0.1) is 10.1 Å². The Morgan fingerprint density at radius 3 is 2.95 bits per heavy atom. The van der Waals surface area contributed by atoms with Crippen LogP contribution in [0.3, 0.4) is 0 Å². The molecule has 0 saturated carbocycles. The summed E-state index contributed by atoms with van der Waals surface area (Å²) in [7, 11) is 0. The topological polar surface area (TPSA) is 103 Å². The van der Waals surface area contributed by atoms with Crippen molar-refractivity contribution in [3.05, 3.63) is 50.3 Å². The largest absolute Gasteiger partial charge is 0.477 e. The van der Waals surface area contributed by atoms with E-state index in [1.807, 2.05) is 17.5 Å². The van der Waals surface area contributed by atoms with Gasteiger partial charge in [-0.3, -0.25) is 10.1 Å². The number of hydrogen-bond donors (Lipinski definition) is 1. The van der Waals surface area contributed by atoms with Gasteiger partial charge in [-0.1, -0.05) is 6.07 Å². The van der Waals surface area contributed by atoms with E-state index in [0.717, 1.165) is 17.1 Å². The van der Waals surface area contributed by atoms with Gasteiger partial charge >= 0.3 is 5.97 Å². The predicted molar refractivity (Wildman–Crippen MR) is 66.5 cm³/mol. The molecule has 8 heteroatoms. The minimum Gasteiger partial charge on any atom is -0.477 e. The first kappa shape index (κ1) is 13.0. The van der Waals surface area contributed by atoms with Crippen LogP contribution in [0.2, 0.25) is 0 Å². The summed E-state index contributed by atoms with van der Waals surface area (Å²) in [6.07, 6.45) is 0.968. The Balaban J connectivity index is 2.24. The third kappa shape index (κ3) is 3.05. The molecule has 2 heterocycles. The fraction of sp³-hybridized carbons (Fsp3) is 0.0909. The van der Waals surface area contributed by atoms with Gasteiger partial charge in [-0.05, 0) is 11.4 Å². The molecule has 2 rings (SSSR count). The van der Waals surface area contributed by atoms with Gasteiger partial charge in [0.05, 0.1) is 4.92 Å². The van der Waals surface area contributed by atoms with Crippen LogP contribution >= 0.6 is 11.3 Å². The molecule has 19 heavy (non-hydrogen) atoms. The molecule has 2 aromatic rings. The number of carboxylic acid groups (broad SMARTS) is 1. The van der Waals surface area contributed by atoms with Crippen LogP contribution in [0.1, 0.15) is 15.2 Å². The minimum atomic E-state index is -1.32. The summed E-state index contributed by atoms with van der Waals surface area (Å²) in [4.78, 5) is 25.5. The van der Waals surface area contributed by atoms with E-state index in [1.165, 1.54) is 11.3 Å². The molecule has 2 aromatic heterocycles. The number of hydrogen-bond acceptors (Lipinski definition) is 6. The highest BCUT2D eigenvalue weighted by Gasteiger charge is 2.18. The first-order chi connectivity index (χ1) is 9.08. The summed E-state index contributed by atoms with van der Waals surface area (Å²) in [5.74, 6) is -1.45. The number of carbonyl (C=O) groups is 1. The van der Waals surface area contributed by atoms with Crippen molar-refractivity contribution in [2.75, 3.05) is 0 Å². The lowest BCUT2D eigenvalue weighted by atomic mass is 10.2. The quantitative estimate of drug-likeness (QED) is 0.666. The van der Waals surface area contributed by atoms with Crippen molar-refractivity contribution in [2.45, 2.75) is 6.61 Å². The lowest BCUT2D eigenvalue weighted by molar-refractivity contribution is -0.385. The first-order valence-corrected chi connectivity index (χ1v) is 5.99. The van der Waals surface area contributed by atoms with E-state index in [2.05, 4.69) is 4.98 Å². The SMILES string of the molecule is O=C(O)c1cc([N+](=O)[O-])cnc1OCc1cccs1. The van der Waals surface area contributed by atoms with Gasteiger partial charge in [-0.25, -0.2) is 9.78 Å². The normalized spacial score (nSPS) is 10.1. The maximum absolute atomic E-state index is 11.0. The van der Waals surface area contributed by atoms with Gasteiger partial charge in [0.1, 0.15) is 18.4 Å². The molecule has 0 aliphatic rings. The maximum atomic E-state index is 11.0. The molecule has 1 N–H and O–H groups in total. The van der Waals surface area contributed by atoms with E-state index in [9.17, 15) is 14.9 Å². The average Bonchev–Trinajstić information content (AvgIpc) is 2.89. The summed E-state index contributed by atoms with van der Waals surface area (Å²) < 4.78 is 5.27. The number of ether oxygens (including phenoxy) is 1. The van der Waals surface area contributed by atoms with E-state index in [-0.39, 0.29) is 23.7 Å². The molecule has 0 aromatic carbocycles. The van der Waals surface area contributed by atoms with E-state index >= 15 is 0 Å². The molecule has 7 nitrogen and oxygen atoms in total. The van der Waals surface area contributed by atoms with Gasteiger partial charge in [-0.2, -0.15) is 0 Å². The number of nitro groups is 1. The molecule has 0 radical (unpaired) electrons. The number of nitrogens with zero attached hydrogens (tertiary/aromatic N) is 2. The monoisotopic (exact) mass is 280 g/mol. The standard InChI is InChI=1S/C11H8N2O5S/c14-11(15)9-4-7(13(16)17)5-12-10(9)18-6-8-2-1-3-19-8/h1-5H,6H2,(H,14,15). The predicted octanol–water partition coefficient (Wildman–Crippen LogP) is 2.33. The second-order valence-corrected chi connectivity index (χ2v) is 4.51. The number of aromatic carboxylic acids is 1. The molecule has 0 unspecified atom stereocenters. The van der Waals surface area contributed by atoms with Gasteiger partial charge in [0, 0.05) is 10.9 Å². The second-order valence-electron chi connectivity index (χ2n) is 3.48. The first-order valence-electron chi connectivity index (χ1n) is 5.11. The lowest BCUT2D eigenvalue weighted by Gasteiger charge is -2.06. The van der Waals surface area contributed by atoms with E-state index < -0.39 is 10.9 Å². The van der Waals surface area contributed by atoms with Crippen LogP contribution in [0.5, 0.6) is 5.88 Å². The Hall–Kier alpha value is -2.48. The molecule has 0 amide bonds. The molecule has 0 fully saturated rings. The fourth-order valence-electron chi connectivity index (χ4n) is 1.34. The number of rotatable bonds is 5. The van der Waals surface area contributed by atoms with Crippen LogP contribution in [0.4, 0.5) is 5.69 Å². The van der Waals surface area contributed by atoms with Crippen molar-refractivity contribution in [3.63, 3.8) is 0 Å². The van der Waals surface area contributed by atoms with Crippen molar-refractivity contribution < 1.29 is 19.6 Å². The zero-order chi connectivity index (χ0) is 13.8. The maximum Gasteiger partial charge on any atom is 0.341 e. The molecule has 0 aliphatic carbocycles. The third-order valence-electron chi connectivity index (χ3n) is 2.21. The van der Waals surface area contributed by atoms with Crippen molar-refractivity contribution in [1.29, 1.82) is 0 Å². The van der Waals surface area contributed by atoms with Crippen molar-refractivity contribution in [2.24, 2.45) is 0 Å². The highest BCUT2D eigenvalue weighted by atomic mass is 32.1. The molecular formula is C11H8N2O5S. The van der Waals surface area contributed by atoms with Crippen molar-refractivity contribution in [1.82, 2.24) is 4.98 Å². The number of pyridine rings is 1. The van der Waals surface area contributed by atoms with Gasteiger partial charge in [0.25, 0.3) is 5.69 Å². The summed E-state index contributed by atoms with van der Waals surface area (Å²) >= 11 is 1.46.